The van der Waals surface area contributed by atoms with Gasteiger partial charge >= 0.3 is 0 Å². The van der Waals surface area contributed by atoms with Crippen LogP contribution in [0.15, 0.2) is 51.5 Å². The predicted octanol–water partition coefficient (Wildman–Crippen LogP) is 4.06. The van der Waals surface area contributed by atoms with Gasteiger partial charge in [0.05, 0.1) is 5.56 Å². The lowest BCUT2D eigenvalue weighted by Crippen LogP contribution is -1.89. The molecule has 5 heteroatoms. The molecule has 100 valence electrons. The number of aryl methyl sites for hydroxylation is 1. The van der Waals surface area contributed by atoms with Gasteiger partial charge in [0.2, 0.25) is 5.82 Å². The number of benzene rings is 2. The fourth-order valence-electron chi connectivity index (χ4n) is 2.01. The molecule has 0 amide bonds. The maximum Gasteiger partial charge on any atom is 0.260 e. The third kappa shape index (κ3) is 2.32. The maximum atomic E-state index is 5.92. The molecule has 3 aromatic rings. The van der Waals surface area contributed by atoms with Gasteiger partial charge in [-0.05, 0) is 42.8 Å². The van der Waals surface area contributed by atoms with Gasteiger partial charge < -0.3 is 10.3 Å². The predicted molar refractivity (Wildman–Crippen MR) is 82.0 cm³/mol. The lowest BCUT2D eigenvalue weighted by molar-refractivity contribution is 0.432. The summed E-state index contributed by atoms with van der Waals surface area (Å²) >= 11 is 3.44. The number of hydrogen-bond donors (Lipinski definition) is 1. The Morgan fingerprint density at radius 1 is 1.10 bits per heavy atom. The number of aromatic nitrogens is 2. The molecule has 0 aliphatic carbocycles. The first-order valence-corrected chi connectivity index (χ1v) is 6.89. The lowest BCUT2D eigenvalue weighted by atomic mass is 10.1. The Morgan fingerprint density at radius 3 is 2.65 bits per heavy atom. The van der Waals surface area contributed by atoms with E-state index in [0.29, 0.717) is 17.4 Å². The average molecular weight is 330 g/mol. The largest absolute Gasteiger partial charge is 0.398 e. The average Bonchev–Trinajstić information content (AvgIpc) is 2.88. The highest BCUT2D eigenvalue weighted by atomic mass is 79.9. The summed E-state index contributed by atoms with van der Waals surface area (Å²) < 4.78 is 6.34. The molecule has 2 aromatic carbocycles. The van der Waals surface area contributed by atoms with Gasteiger partial charge in [-0.3, -0.25) is 0 Å². The van der Waals surface area contributed by atoms with Crippen molar-refractivity contribution in [2.24, 2.45) is 0 Å². The highest BCUT2D eigenvalue weighted by Crippen LogP contribution is 2.28. The summed E-state index contributed by atoms with van der Waals surface area (Å²) in [6.07, 6.45) is 0. The third-order valence-electron chi connectivity index (χ3n) is 3.05. The van der Waals surface area contributed by atoms with Gasteiger partial charge in [0.15, 0.2) is 0 Å². The van der Waals surface area contributed by atoms with Crippen LogP contribution in [0.4, 0.5) is 5.69 Å². The summed E-state index contributed by atoms with van der Waals surface area (Å²) in [6.45, 7) is 2.01. The SMILES string of the molecule is Cc1cc(Br)ccc1-c1noc(-c2ccccc2N)n1. The van der Waals surface area contributed by atoms with Crippen LogP contribution in [0.5, 0.6) is 0 Å². The molecule has 3 rings (SSSR count). The minimum absolute atomic E-state index is 0.431. The third-order valence-corrected chi connectivity index (χ3v) is 3.54. The fourth-order valence-corrected chi connectivity index (χ4v) is 2.49. The van der Waals surface area contributed by atoms with Crippen molar-refractivity contribution in [3.63, 3.8) is 0 Å². The number of nitrogens with zero attached hydrogens (tertiary/aromatic N) is 2. The van der Waals surface area contributed by atoms with Crippen LogP contribution in [0.2, 0.25) is 0 Å². The molecule has 0 spiro atoms. The zero-order valence-electron chi connectivity index (χ0n) is 10.8. The Labute approximate surface area is 124 Å². The standard InChI is InChI=1S/C15H12BrN3O/c1-9-8-10(16)6-7-11(9)14-18-15(20-19-14)12-4-2-3-5-13(12)17/h2-8H,17H2,1H3. The minimum atomic E-state index is 0.431. The summed E-state index contributed by atoms with van der Waals surface area (Å²) in [6, 6.07) is 13.4. The Balaban J connectivity index is 2.04. The fraction of sp³-hybridized carbons (Fsp3) is 0.0667. The van der Waals surface area contributed by atoms with Crippen molar-refractivity contribution in [3.8, 4) is 22.8 Å². The van der Waals surface area contributed by atoms with Crippen molar-refractivity contribution in [3.05, 3.63) is 52.5 Å². The second-order valence-electron chi connectivity index (χ2n) is 4.47. The number of nitrogen functional groups attached to an aromatic ring is 1. The number of anilines is 1. The van der Waals surface area contributed by atoms with Crippen molar-refractivity contribution >= 4 is 21.6 Å². The van der Waals surface area contributed by atoms with Gasteiger partial charge in [-0.2, -0.15) is 4.98 Å². The Kier molecular flexibility index (Phi) is 3.28. The van der Waals surface area contributed by atoms with Crippen molar-refractivity contribution < 1.29 is 4.52 Å². The monoisotopic (exact) mass is 329 g/mol. The highest BCUT2D eigenvalue weighted by Gasteiger charge is 2.14. The topological polar surface area (TPSA) is 64.9 Å². The summed E-state index contributed by atoms with van der Waals surface area (Å²) in [5.41, 5.74) is 9.31. The van der Waals surface area contributed by atoms with E-state index in [9.17, 15) is 0 Å². The first-order valence-electron chi connectivity index (χ1n) is 6.10. The lowest BCUT2D eigenvalue weighted by Gasteiger charge is -2.01. The molecule has 4 nitrogen and oxygen atoms in total. The van der Waals surface area contributed by atoms with Crippen LogP contribution in [0.1, 0.15) is 5.56 Å². The van der Waals surface area contributed by atoms with Crippen molar-refractivity contribution in [1.82, 2.24) is 10.1 Å². The first-order chi connectivity index (χ1) is 9.65. The molecule has 0 bridgehead atoms. The molecule has 0 aliphatic heterocycles. The second kappa shape index (κ2) is 5.09. The molecule has 0 unspecified atom stereocenters. The van der Waals surface area contributed by atoms with E-state index in [2.05, 4.69) is 26.1 Å². The normalized spacial score (nSPS) is 10.7. The highest BCUT2D eigenvalue weighted by molar-refractivity contribution is 9.10. The number of halogens is 1. The smallest absolute Gasteiger partial charge is 0.260 e. The first kappa shape index (κ1) is 12.9. The molecule has 20 heavy (non-hydrogen) atoms. The molecule has 1 aromatic heterocycles. The maximum absolute atomic E-state index is 5.92. The quantitative estimate of drug-likeness (QED) is 0.720. The summed E-state index contributed by atoms with van der Waals surface area (Å²) in [4.78, 5) is 4.43. The molecule has 1 heterocycles. The van der Waals surface area contributed by atoms with Gasteiger partial charge in [-0.15, -0.1) is 0 Å². The van der Waals surface area contributed by atoms with Crippen LogP contribution < -0.4 is 5.73 Å². The van der Waals surface area contributed by atoms with Crippen LogP contribution in [0, 0.1) is 6.92 Å². The number of hydrogen-bond acceptors (Lipinski definition) is 4. The van der Waals surface area contributed by atoms with Crippen LogP contribution in [0.3, 0.4) is 0 Å². The van der Waals surface area contributed by atoms with E-state index in [1.807, 2.05) is 49.4 Å². The number of nitrogens with two attached hydrogens (primary N) is 1. The van der Waals surface area contributed by atoms with Crippen molar-refractivity contribution in [2.45, 2.75) is 6.92 Å². The Bertz CT molecular complexity index is 767. The molecule has 0 atom stereocenters. The van der Waals surface area contributed by atoms with E-state index in [-0.39, 0.29) is 0 Å². The van der Waals surface area contributed by atoms with Gasteiger partial charge in [0.1, 0.15) is 0 Å². The van der Waals surface area contributed by atoms with Gasteiger partial charge in [0.25, 0.3) is 5.89 Å². The van der Waals surface area contributed by atoms with E-state index in [4.69, 9.17) is 10.3 Å². The van der Waals surface area contributed by atoms with Crippen molar-refractivity contribution in [2.75, 3.05) is 5.73 Å². The Morgan fingerprint density at radius 2 is 1.90 bits per heavy atom. The molecular formula is C15H12BrN3O. The number of para-hydroxylation sites is 1. The summed E-state index contributed by atoms with van der Waals surface area (Å²) in [5.74, 6) is 0.994. The zero-order valence-corrected chi connectivity index (χ0v) is 12.4. The molecule has 0 radical (unpaired) electrons. The Hall–Kier alpha value is -2.14. The van der Waals surface area contributed by atoms with Crippen LogP contribution in [-0.4, -0.2) is 10.1 Å². The minimum Gasteiger partial charge on any atom is -0.398 e. The molecule has 0 saturated carbocycles. The van der Waals surface area contributed by atoms with Gasteiger partial charge in [-0.1, -0.05) is 33.2 Å². The number of rotatable bonds is 2. The van der Waals surface area contributed by atoms with Crippen LogP contribution in [0.25, 0.3) is 22.8 Å². The molecule has 0 fully saturated rings. The molecule has 0 aliphatic rings. The molecular weight excluding hydrogens is 318 g/mol. The van der Waals surface area contributed by atoms with E-state index in [1.54, 1.807) is 0 Å². The van der Waals surface area contributed by atoms with Gasteiger partial charge in [0, 0.05) is 15.7 Å². The van der Waals surface area contributed by atoms with Crippen molar-refractivity contribution in [1.29, 1.82) is 0 Å². The molecule has 0 saturated heterocycles. The van der Waals surface area contributed by atoms with Crippen LogP contribution >= 0.6 is 15.9 Å². The summed E-state index contributed by atoms with van der Waals surface area (Å²) in [7, 11) is 0. The van der Waals surface area contributed by atoms with E-state index in [1.165, 1.54) is 0 Å². The van der Waals surface area contributed by atoms with Crippen LogP contribution in [-0.2, 0) is 0 Å². The van der Waals surface area contributed by atoms with E-state index >= 15 is 0 Å². The summed E-state index contributed by atoms with van der Waals surface area (Å²) in [5, 5.41) is 4.04. The second-order valence-corrected chi connectivity index (χ2v) is 5.39. The molecule has 2 N–H and O–H groups in total. The van der Waals surface area contributed by atoms with E-state index < -0.39 is 0 Å². The zero-order chi connectivity index (χ0) is 14.1. The van der Waals surface area contributed by atoms with E-state index in [0.717, 1.165) is 21.2 Å². The van der Waals surface area contributed by atoms with Gasteiger partial charge in [-0.25, -0.2) is 0 Å².